The van der Waals surface area contributed by atoms with E-state index in [0.29, 0.717) is 36.0 Å². The summed E-state index contributed by atoms with van der Waals surface area (Å²) in [7, 11) is 2.48. The molecule has 0 radical (unpaired) electrons. The van der Waals surface area contributed by atoms with E-state index in [-0.39, 0.29) is 17.0 Å². The van der Waals surface area contributed by atoms with Crippen LogP contribution in [-0.4, -0.2) is 49.2 Å². The van der Waals surface area contributed by atoms with Crippen molar-refractivity contribution >= 4 is 11.9 Å². The maximum atomic E-state index is 12.8. The molecule has 0 spiro atoms. The summed E-state index contributed by atoms with van der Waals surface area (Å²) in [6.07, 6.45) is 1.63. The van der Waals surface area contributed by atoms with Crippen molar-refractivity contribution in [3.8, 4) is 28.4 Å². The largest absolute Gasteiger partial charge is 0.490 e. The van der Waals surface area contributed by atoms with Gasteiger partial charge in [-0.3, -0.25) is 0 Å². The van der Waals surface area contributed by atoms with E-state index in [2.05, 4.69) is 11.7 Å². The summed E-state index contributed by atoms with van der Waals surface area (Å²) in [5.74, 6) is -0.446. The molecule has 0 atom stereocenters. The van der Waals surface area contributed by atoms with E-state index in [1.54, 1.807) is 48.5 Å². The smallest absolute Gasteiger partial charge is 0.357 e. The number of aromatic nitrogens is 2. The van der Waals surface area contributed by atoms with Gasteiger partial charge in [-0.1, -0.05) is 30.9 Å². The molecule has 0 saturated heterocycles. The molecule has 0 aliphatic rings. The molecule has 0 fully saturated rings. The average Bonchev–Trinajstić information content (AvgIpc) is 3.23. The molecule has 0 aliphatic carbocycles. The highest BCUT2D eigenvalue weighted by Crippen LogP contribution is 2.35. The summed E-state index contributed by atoms with van der Waals surface area (Å²) in [4.78, 5) is 25.5. The summed E-state index contributed by atoms with van der Waals surface area (Å²) in [5, 5.41) is 4.58. The van der Waals surface area contributed by atoms with Gasteiger partial charge in [-0.25, -0.2) is 14.3 Å². The first-order valence-electron chi connectivity index (χ1n) is 9.91. The second kappa shape index (κ2) is 10.3. The van der Waals surface area contributed by atoms with Crippen molar-refractivity contribution in [2.24, 2.45) is 0 Å². The fourth-order valence-electron chi connectivity index (χ4n) is 3.15. The van der Waals surface area contributed by atoms with Gasteiger partial charge in [0.05, 0.1) is 26.5 Å². The second-order valence-corrected chi connectivity index (χ2v) is 6.50. The second-order valence-electron chi connectivity index (χ2n) is 6.50. The lowest BCUT2D eigenvalue weighted by Gasteiger charge is -2.12. The SMILES string of the molecule is C=CCOc1ccc(-c2nn(-c3ccccc3)c(C(=O)OC)c2C(=O)OC)cc1OCC. The van der Waals surface area contributed by atoms with Gasteiger partial charge in [-0.05, 0) is 37.3 Å². The van der Waals surface area contributed by atoms with Gasteiger partial charge in [-0.2, -0.15) is 5.10 Å². The third-order valence-corrected chi connectivity index (χ3v) is 4.53. The molecule has 0 amide bonds. The number of para-hydroxylation sites is 1. The fraction of sp³-hybridized carbons (Fsp3) is 0.208. The third-order valence-electron chi connectivity index (χ3n) is 4.53. The molecule has 8 heteroatoms. The van der Waals surface area contributed by atoms with Crippen molar-refractivity contribution in [3.63, 3.8) is 0 Å². The van der Waals surface area contributed by atoms with Gasteiger partial charge in [0.2, 0.25) is 0 Å². The number of ether oxygens (including phenoxy) is 4. The molecule has 8 nitrogen and oxygen atoms in total. The molecule has 0 aliphatic heterocycles. The highest BCUT2D eigenvalue weighted by atomic mass is 16.5. The lowest BCUT2D eigenvalue weighted by Crippen LogP contribution is -2.15. The average molecular weight is 436 g/mol. The number of nitrogens with zero attached hydrogens (tertiary/aromatic N) is 2. The van der Waals surface area contributed by atoms with E-state index in [1.165, 1.54) is 18.9 Å². The molecular formula is C24H24N2O6. The minimum Gasteiger partial charge on any atom is -0.490 e. The molecule has 3 aromatic rings. The Morgan fingerprint density at radius 3 is 2.34 bits per heavy atom. The summed E-state index contributed by atoms with van der Waals surface area (Å²) in [6.45, 7) is 6.21. The molecular weight excluding hydrogens is 412 g/mol. The Kier molecular flexibility index (Phi) is 7.28. The summed E-state index contributed by atoms with van der Waals surface area (Å²) >= 11 is 0. The molecule has 166 valence electrons. The predicted octanol–water partition coefficient (Wildman–Crippen LogP) is 4.08. The molecule has 1 aromatic heterocycles. The van der Waals surface area contributed by atoms with Gasteiger partial charge in [0.25, 0.3) is 0 Å². The topological polar surface area (TPSA) is 88.9 Å². The Hall–Kier alpha value is -4.07. The van der Waals surface area contributed by atoms with Crippen LogP contribution in [0.15, 0.2) is 61.2 Å². The van der Waals surface area contributed by atoms with Crippen molar-refractivity contribution in [2.75, 3.05) is 27.4 Å². The Morgan fingerprint density at radius 1 is 1.00 bits per heavy atom. The first kappa shape index (κ1) is 22.6. The van der Waals surface area contributed by atoms with Gasteiger partial charge in [-0.15, -0.1) is 0 Å². The quantitative estimate of drug-likeness (QED) is 0.369. The van der Waals surface area contributed by atoms with Crippen LogP contribution in [-0.2, 0) is 9.47 Å². The Bertz CT molecular complexity index is 1120. The lowest BCUT2D eigenvalue weighted by atomic mass is 10.0. The molecule has 0 bridgehead atoms. The van der Waals surface area contributed by atoms with E-state index in [0.717, 1.165) is 0 Å². The van der Waals surface area contributed by atoms with Crippen LogP contribution in [0.3, 0.4) is 0 Å². The van der Waals surface area contributed by atoms with E-state index in [4.69, 9.17) is 18.9 Å². The molecule has 0 saturated carbocycles. The Labute approximate surface area is 186 Å². The molecule has 32 heavy (non-hydrogen) atoms. The first-order valence-corrected chi connectivity index (χ1v) is 9.91. The fourth-order valence-corrected chi connectivity index (χ4v) is 3.15. The molecule has 1 heterocycles. The summed E-state index contributed by atoms with van der Waals surface area (Å²) in [6, 6.07) is 14.1. The zero-order valence-corrected chi connectivity index (χ0v) is 18.2. The van der Waals surface area contributed by atoms with Gasteiger partial charge < -0.3 is 18.9 Å². The number of hydrogen-bond donors (Lipinski definition) is 0. The number of carbonyl (C=O) groups is 2. The van der Waals surface area contributed by atoms with Crippen LogP contribution in [0, 0.1) is 0 Å². The zero-order valence-electron chi connectivity index (χ0n) is 18.2. The first-order chi connectivity index (χ1) is 15.5. The monoisotopic (exact) mass is 436 g/mol. The number of carbonyl (C=O) groups excluding carboxylic acids is 2. The zero-order chi connectivity index (χ0) is 23.1. The minimum atomic E-state index is -0.719. The van der Waals surface area contributed by atoms with Gasteiger partial charge >= 0.3 is 11.9 Å². The minimum absolute atomic E-state index is 0.00888. The van der Waals surface area contributed by atoms with Crippen LogP contribution in [0.2, 0.25) is 0 Å². The molecule has 0 unspecified atom stereocenters. The van der Waals surface area contributed by atoms with Crippen LogP contribution in [0.5, 0.6) is 11.5 Å². The predicted molar refractivity (Wildman–Crippen MR) is 119 cm³/mol. The van der Waals surface area contributed by atoms with E-state index >= 15 is 0 Å². The normalized spacial score (nSPS) is 10.3. The van der Waals surface area contributed by atoms with Crippen LogP contribution in [0.25, 0.3) is 16.9 Å². The lowest BCUT2D eigenvalue weighted by molar-refractivity contribution is 0.0549. The van der Waals surface area contributed by atoms with E-state index in [9.17, 15) is 9.59 Å². The maximum absolute atomic E-state index is 12.8. The standard InChI is InChI=1S/C24H24N2O6/c1-5-14-32-18-13-12-16(15-19(18)31-6-2)21-20(23(27)29-3)22(24(28)30-4)26(25-21)17-10-8-7-9-11-17/h5,7-13,15H,1,6,14H2,2-4H3. The number of hydrogen-bond acceptors (Lipinski definition) is 7. The van der Waals surface area contributed by atoms with Crippen molar-refractivity contribution < 1.29 is 28.5 Å². The Balaban J connectivity index is 2.27. The molecule has 0 N–H and O–H groups in total. The van der Waals surface area contributed by atoms with Gasteiger partial charge in [0.15, 0.2) is 17.2 Å². The number of benzene rings is 2. The maximum Gasteiger partial charge on any atom is 0.357 e. The third kappa shape index (κ3) is 4.49. The van der Waals surface area contributed by atoms with Crippen LogP contribution >= 0.6 is 0 Å². The number of esters is 2. The number of rotatable bonds is 9. The number of methoxy groups -OCH3 is 2. The van der Waals surface area contributed by atoms with Crippen LogP contribution < -0.4 is 9.47 Å². The Morgan fingerprint density at radius 2 is 1.72 bits per heavy atom. The van der Waals surface area contributed by atoms with Crippen molar-refractivity contribution in [1.82, 2.24) is 9.78 Å². The van der Waals surface area contributed by atoms with E-state index in [1.807, 2.05) is 13.0 Å². The summed E-state index contributed by atoms with van der Waals surface area (Å²) < 4.78 is 22.6. The van der Waals surface area contributed by atoms with Gasteiger partial charge in [0.1, 0.15) is 17.9 Å². The van der Waals surface area contributed by atoms with Crippen LogP contribution in [0.4, 0.5) is 0 Å². The van der Waals surface area contributed by atoms with E-state index < -0.39 is 11.9 Å². The van der Waals surface area contributed by atoms with Crippen LogP contribution in [0.1, 0.15) is 27.8 Å². The van der Waals surface area contributed by atoms with Gasteiger partial charge in [0, 0.05) is 5.56 Å². The summed E-state index contributed by atoms with van der Waals surface area (Å²) in [5.41, 5.74) is 1.33. The van der Waals surface area contributed by atoms with Crippen molar-refractivity contribution in [3.05, 3.63) is 72.4 Å². The molecule has 3 rings (SSSR count). The highest BCUT2D eigenvalue weighted by Gasteiger charge is 2.31. The van der Waals surface area contributed by atoms with Crippen molar-refractivity contribution in [1.29, 1.82) is 0 Å². The highest BCUT2D eigenvalue weighted by molar-refractivity contribution is 6.06. The van der Waals surface area contributed by atoms with Crippen molar-refractivity contribution in [2.45, 2.75) is 6.92 Å². The molecule has 2 aromatic carbocycles.